The molecule has 4 rings (SSSR count). The number of anilines is 1. The molecule has 2 aliphatic rings. The zero-order chi connectivity index (χ0) is 23.4. The molecule has 1 saturated heterocycles. The highest BCUT2D eigenvalue weighted by Crippen LogP contribution is 2.29. The first-order chi connectivity index (χ1) is 16.0. The molecule has 1 heterocycles. The van der Waals surface area contributed by atoms with Gasteiger partial charge in [0.2, 0.25) is 5.91 Å². The van der Waals surface area contributed by atoms with Crippen LogP contribution in [0, 0.1) is 3.57 Å². The van der Waals surface area contributed by atoms with Gasteiger partial charge >= 0.3 is 0 Å². The van der Waals surface area contributed by atoms with E-state index in [1.807, 2.05) is 12.1 Å². The van der Waals surface area contributed by atoms with E-state index in [0.29, 0.717) is 30.0 Å². The van der Waals surface area contributed by atoms with Crippen LogP contribution in [0.15, 0.2) is 60.2 Å². The minimum Gasteiger partial charge on any atom is -0.497 e. The van der Waals surface area contributed by atoms with Crippen molar-refractivity contribution in [3.63, 3.8) is 0 Å². The SMILES string of the molecule is COc1ccc(C(=O)N(CCC2=CCCCC2)C2CC(=O)N(c3ccc(I)cc3)C2=O)cc1. The van der Waals surface area contributed by atoms with Crippen molar-refractivity contribution in [1.82, 2.24) is 4.90 Å². The average molecular weight is 558 g/mol. The zero-order valence-corrected chi connectivity index (χ0v) is 20.8. The first-order valence-electron chi connectivity index (χ1n) is 11.2. The van der Waals surface area contributed by atoms with Crippen molar-refractivity contribution in [2.45, 2.75) is 44.6 Å². The second kappa shape index (κ2) is 10.5. The number of hydrogen-bond acceptors (Lipinski definition) is 4. The number of hydrogen-bond donors (Lipinski definition) is 0. The third-order valence-corrected chi connectivity index (χ3v) is 6.96. The van der Waals surface area contributed by atoms with Crippen molar-refractivity contribution in [2.24, 2.45) is 0 Å². The fourth-order valence-corrected chi connectivity index (χ4v) is 4.77. The molecule has 1 fully saturated rings. The van der Waals surface area contributed by atoms with Crippen molar-refractivity contribution in [2.75, 3.05) is 18.6 Å². The number of carbonyl (C=O) groups excluding carboxylic acids is 3. The molecule has 6 nitrogen and oxygen atoms in total. The molecule has 0 radical (unpaired) electrons. The van der Waals surface area contributed by atoms with E-state index in [4.69, 9.17) is 4.74 Å². The van der Waals surface area contributed by atoms with Gasteiger partial charge in [-0.1, -0.05) is 11.6 Å². The first-order valence-corrected chi connectivity index (χ1v) is 12.3. The van der Waals surface area contributed by atoms with Crippen LogP contribution in [0.1, 0.15) is 48.9 Å². The number of nitrogens with zero attached hydrogens (tertiary/aromatic N) is 2. The molecule has 0 saturated carbocycles. The monoisotopic (exact) mass is 558 g/mol. The van der Waals surface area contributed by atoms with E-state index in [1.165, 1.54) is 16.9 Å². The minimum absolute atomic E-state index is 0.00817. The maximum atomic E-state index is 13.5. The summed E-state index contributed by atoms with van der Waals surface area (Å²) in [7, 11) is 1.57. The van der Waals surface area contributed by atoms with E-state index >= 15 is 0 Å². The van der Waals surface area contributed by atoms with Crippen LogP contribution >= 0.6 is 22.6 Å². The molecule has 0 N–H and O–H groups in total. The molecule has 0 bridgehead atoms. The number of carbonyl (C=O) groups is 3. The van der Waals surface area contributed by atoms with Gasteiger partial charge in [-0.25, -0.2) is 4.90 Å². The quantitative estimate of drug-likeness (QED) is 0.274. The van der Waals surface area contributed by atoms with Gasteiger partial charge in [0.25, 0.3) is 11.8 Å². The van der Waals surface area contributed by atoms with Crippen molar-refractivity contribution < 1.29 is 19.1 Å². The molecule has 1 unspecified atom stereocenters. The Kier molecular flexibility index (Phi) is 7.47. The summed E-state index contributed by atoms with van der Waals surface area (Å²) < 4.78 is 6.22. The predicted octanol–water partition coefficient (Wildman–Crippen LogP) is 4.96. The Balaban J connectivity index is 1.60. The van der Waals surface area contributed by atoms with Crippen LogP contribution in [0.2, 0.25) is 0 Å². The smallest absolute Gasteiger partial charge is 0.257 e. The van der Waals surface area contributed by atoms with Gasteiger partial charge in [-0.15, -0.1) is 0 Å². The number of ether oxygens (including phenoxy) is 1. The van der Waals surface area contributed by atoms with Gasteiger partial charge in [-0.05, 0) is 103 Å². The minimum atomic E-state index is -0.810. The molecular formula is C26H27IN2O4. The highest BCUT2D eigenvalue weighted by atomic mass is 127. The third kappa shape index (κ3) is 5.29. The molecule has 7 heteroatoms. The summed E-state index contributed by atoms with van der Waals surface area (Å²) in [5, 5.41) is 0. The lowest BCUT2D eigenvalue weighted by atomic mass is 9.96. The molecule has 1 atom stereocenters. The lowest BCUT2D eigenvalue weighted by Gasteiger charge is -2.28. The summed E-state index contributed by atoms with van der Waals surface area (Å²) >= 11 is 2.18. The largest absolute Gasteiger partial charge is 0.497 e. The molecule has 3 amide bonds. The predicted molar refractivity (Wildman–Crippen MR) is 135 cm³/mol. The van der Waals surface area contributed by atoms with Crippen LogP contribution in [0.5, 0.6) is 5.75 Å². The Morgan fingerprint density at radius 1 is 1.09 bits per heavy atom. The van der Waals surface area contributed by atoms with Crippen LogP contribution in [0.3, 0.4) is 0 Å². The summed E-state index contributed by atoms with van der Waals surface area (Å²) in [6.45, 7) is 0.404. The molecule has 1 aliphatic carbocycles. The highest BCUT2D eigenvalue weighted by molar-refractivity contribution is 14.1. The highest BCUT2D eigenvalue weighted by Gasteiger charge is 2.44. The third-order valence-electron chi connectivity index (χ3n) is 6.24. The molecule has 172 valence electrons. The van der Waals surface area contributed by atoms with Gasteiger partial charge in [0.1, 0.15) is 11.8 Å². The van der Waals surface area contributed by atoms with E-state index in [2.05, 4.69) is 28.7 Å². The van der Waals surface area contributed by atoms with Crippen molar-refractivity contribution in [1.29, 1.82) is 0 Å². The van der Waals surface area contributed by atoms with Crippen LogP contribution in [0.25, 0.3) is 0 Å². The average Bonchev–Trinajstić information content (AvgIpc) is 3.14. The molecule has 0 aromatic heterocycles. The number of rotatable bonds is 7. The Labute approximate surface area is 207 Å². The van der Waals surface area contributed by atoms with Gasteiger partial charge < -0.3 is 9.64 Å². The van der Waals surface area contributed by atoms with Crippen molar-refractivity contribution in [3.8, 4) is 5.75 Å². The van der Waals surface area contributed by atoms with Gasteiger partial charge in [0, 0.05) is 15.7 Å². The first kappa shape index (κ1) is 23.5. The van der Waals surface area contributed by atoms with Crippen LogP contribution in [0.4, 0.5) is 5.69 Å². The lowest BCUT2D eigenvalue weighted by molar-refractivity contribution is -0.122. The number of methoxy groups -OCH3 is 1. The van der Waals surface area contributed by atoms with E-state index in [0.717, 1.165) is 22.8 Å². The topological polar surface area (TPSA) is 66.9 Å². The van der Waals surface area contributed by atoms with Gasteiger partial charge in [-0.3, -0.25) is 14.4 Å². The summed E-state index contributed by atoms with van der Waals surface area (Å²) in [6.07, 6.45) is 7.38. The normalized spacial score (nSPS) is 18.3. The number of amides is 3. The molecule has 2 aromatic rings. The Morgan fingerprint density at radius 2 is 1.82 bits per heavy atom. The summed E-state index contributed by atoms with van der Waals surface area (Å²) in [4.78, 5) is 42.6. The van der Waals surface area contributed by atoms with Gasteiger partial charge in [0.05, 0.1) is 19.2 Å². The number of allylic oxidation sites excluding steroid dienone is 1. The second-order valence-corrected chi connectivity index (χ2v) is 9.59. The van der Waals surface area contributed by atoms with E-state index in [1.54, 1.807) is 48.4 Å². The molecule has 0 spiro atoms. The number of imide groups is 1. The fraction of sp³-hybridized carbons (Fsp3) is 0.346. The molecular weight excluding hydrogens is 531 g/mol. The van der Waals surface area contributed by atoms with Gasteiger partial charge in [0.15, 0.2) is 0 Å². The van der Waals surface area contributed by atoms with E-state index in [9.17, 15) is 14.4 Å². The molecule has 1 aliphatic heterocycles. The Hall–Kier alpha value is -2.68. The van der Waals surface area contributed by atoms with E-state index in [-0.39, 0.29) is 24.1 Å². The Bertz CT molecular complexity index is 1060. The lowest BCUT2D eigenvalue weighted by Crippen LogP contribution is -2.46. The molecule has 2 aromatic carbocycles. The summed E-state index contributed by atoms with van der Waals surface area (Å²) in [5.41, 5.74) is 2.33. The van der Waals surface area contributed by atoms with Crippen LogP contribution in [-0.2, 0) is 9.59 Å². The number of benzene rings is 2. The summed E-state index contributed by atoms with van der Waals surface area (Å²) in [6, 6.07) is 13.3. The fourth-order valence-electron chi connectivity index (χ4n) is 4.41. The van der Waals surface area contributed by atoms with E-state index < -0.39 is 6.04 Å². The molecule has 33 heavy (non-hydrogen) atoms. The second-order valence-electron chi connectivity index (χ2n) is 8.35. The van der Waals surface area contributed by atoms with Crippen LogP contribution in [-0.4, -0.2) is 42.3 Å². The zero-order valence-electron chi connectivity index (χ0n) is 18.6. The summed E-state index contributed by atoms with van der Waals surface area (Å²) in [5.74, 6) is -0.219. The van der Waals surface area contributed by atoms with Crippen molar-refractivity contribution in [3.05, 3.63) is 69.3 Å². The standard InChI is InChI=1S/C26H27IN2O4/c1-33-22-13-7-19(8-14-22)25(31)28(16-15-18-5-3-2-4-6-18)23-17-24(30)29(26(23)32)21-11-9-20(27)10-12-21/h5,7-14,23H,2-4,6,15-17H2,1H3. The van der Waals surface area contributed by atoms with Gasteiger partial charge in [-0.2, -0.15) is 0 Å². The van der Waals surface area contributed by atoms with Crippen molar-refractivity contribution >= 4 is 46.0 Å². The van der Waals surface area contributed by atoms with Crippen LogP contribution < -0.4 is 9.64 Å². The Morgan fingerprint density at radius 3 is 2.45 bits per heavy atom. The maximum Gasteiger partial charge on any atom is 0.257 e. The maximum absolute atomic E-state index is 13.5. The number of halogens is 1.